The summed E-state index contributed by atoms with van der Waals surface area (Å²) in [6.45, 7) is 4.24. The van der Waals surface area contributed by atoms with Crippen LogP contribution in [0.1, 0.15) is 20.3 Å². The van der Waals surface area contributed by atoms with Crippen LogP contribution in [0.2, 0.25) is 0 Å². The average Bonchev–Trinajstić information content (AvgIpc) is 1.65. The third-order valence-electron chi connectivity index (χ3n) is 0.951. The molecule has 0 saturated heterocycles. The second kappa shape index (κ2) is 3.82. The first-order valence-corrected chi connectivity index (χ1v) is 5.75. The standard InChI is InChI=1S/C4H9PS2/c1-3-4(2)5(6)7/h4H,3H2,1-2H3. The van der Waals surface area contributed by atoms with E-state index in [0.717, 1.165) is 6.42 Å². The lowest BCUT2D eigenvalue weighted by atomic mass is 10.4. The molecule has 0 bridgehead atoms. The molecule has 7 heavy (non-hydrogen) atoms. The van der Waals surface area contributed by atoms with E-state index in [4.69, 9.17) is 24.1 Å². The maximum atomic E-state index is 4.88. The van der Waals surface area contributed by atoms with E-state index < -0.39 is 5.90 Å². The summed E-state index contributed by atoms with van der Waals surface area (Å²) in [6.07, 6.45) is 1.14. The predicted octanol–water partition coefficient (Wildman–Crippen LogP) is 2.19. The molecule has 0 N–H and O–H groups in total. The highest BCUT2D eigenvalue weighted by atomic mass is 32.9. The van der Waals surface area contributed by atoms with E-state index in [-0.39, 0.29) is 0 Å². The molecule has 0 heterocycles. The van der Waals surface area contributed by atoms with Crippen molar-refractivity contribution in [3.63, 3.8) is 0 Å². The van der Waals surface area contributed by atoms with Gasteiger partial charge in [-0.15, -0.1) is 0 Å². The Morgan fingerprint density at radius 3 is 2.29 bits per heavy atom. The van der Waals surface area contributed by atoms with Crippen LogP contribution >= 0.6 is 5.90 Å². The minimum Gasteiger partial charge on any atom is -0.478 e. The van der Waals surface area contributed by atoms with Gasteiger partial charge in [0.2, 0.25) is 0 Å². The maximum absolute atomic E-state index is 4.88. The molecule has 0 aromatic heterocycles. The molecule has 0 rings (SSSR count). The maximum Gasteiger partial charge on any atom is 0.132 e. The Bertz CT molecular complexity index is 72.1. The van der Waals surface area contributed by atoms with Crippen LogP contribution in [0.4, 0.5) is 0 Å². The van der Waals surface area contributed by atoms with E-state index >= 15 is 0 Å². The molecule has 0 aliphatic rings. The Morgan fingerprint density at radius 2 is 2.29 bits per heavy atom. The molecule has 0 spiro atoms. The van der Waals surface area contributed by atoms with Crippen LogP contribution in [0.25, 0.3) is 0 Å². The van der Waals surface area contributed by atoms with E-state index in [1.165, 1.54) is 0 Å². The lowest BCUT2D eigenvalue weighted by Gasteiger charge is -1.98. The molecule has 0 aliphatic heterocycles. The van der Waals surface area contributed by atoms with E-state index in [0.29, 0.717) is 5.66 Å². The molecule has 3 heteroatoms. The third kappa shape index (κ3) is 3.45. The van der Waals surface area contributed by atoms with E-state index in [2.05, 4.69) is 13.8 Å². The summed E-state index contributed by atoms with van der Waals surface area (Å²) in [7, 11) is 0. The number of hydrogen-bond acceptors (Lipinski definition) is 2. The fraction of sp³-hybridized carbons (Fsp3) is 1.00. The van der Waals surface area contributed by atoms with Crippen LogP contribution in [0, 0.1) is 0 Å². The van der Waals surface area contributed by atoms with Crippen LogP contribution in [0.5, 0.6) is 0 Å². The zero-order valence-corrected chi connectivity index (χ0v) is 7.08. The minimum absolute atomic E-state index is 0.495. The SMILES string of the molecule is CCC(C)[P+](=S)[S-]. The molecular formula is C4H9PS2. The van der Waals surface area contributed by atoms with Crippen LogP contribution < -0.4 is 0 Å². The van der Waals surface area contributed by atoms with Gasteiger partial charge in [-0.25, -0.2) is 0 Å². The summed E-state index contributed by atoms with van der Waals surface area (Å²) >= 11 is 9.76. The molecule has 0 aromatic carbocycles. The first-order valence-electron chi connectivity index (χ1n) is 2.32. The first kappa shape index (κ1) is 7.87. The third-order valence-corrected chi connectivity index (χ3v) is 4.19. The minimum atomic E-state index is -0.495. The van der Waals surface area contributed by atoms with Crippen molar-refractivity contribution in [2.75, 3.05) is 0 Å². The zero-order valence-electron chi connectivity index (χ0n) is 4.55. The summed E-state index contributed by atoms with van der Waals surface area (Å²) in [4.78, 5) is 0. The van der Waals surface area contributed by atoms with Gasteiger partial charge < -0.3 is 12.2 Å². The van der Waals surface area contributed by atoms with E-state index in [1.807, 2.05) is 0 Å². The zero-order chi connectivity index (χ0) is 5.86. The summed E-state index contributed by atoms with van der Waals surface area (Å²) in [5.41, 5.74) is 0.597. The van der Waals surface area contributed by atoms with E-state index in [1.54, 1.807) is 0 Å². The second-order valence-corrected chi connectivity index (χ2v) is 6.05. The van der Waals surface area contributed by atoms with Crippen molar-refractivity contribution in [3.05, 3.63) is 0 Å². The molecule has 0 radical (unpaired) electrons. The highest BCUT2D eigenvalue weighted by Crippen LogP contribution is 2.26. The molecule has 0 nitrogen and oxygen atoms in total. The second-order valence-electron chi connectivity index (χ2n) is 1.54. The van der Waals surface area contributed by atoms with Gasteiger partial charge in [-0.3, -0.25) is 0 Å². The van der Waals surface area contributed by atoms with Crippen molar-refractivity contribution >= 4 is 30.0 Å². The van der Waals surface area contributed by atoms with Crippen molar-refractivity contribution in [1.29, 1.82) is 0 Å². The summed E-state index contributed by atoms with van der Waals surface area (Å²) < 4.78 is 0. The van der Waals surface area contributed by atoms with Crippen molar-refractivity contribution in [1.82, 2.24) is 0 Å². The van der Waals surface area contributed by atoms with E-state index in [9.17, 15) is 0 Å². The first-order chi connectivity index (χ1) is 3.18. The molecule has 0 aromatic rings. The normalized spacial score (nSPS) is 16.1. The van der Waals surface area contributed by atoms with Crippen LogP contribution in [0.3, 0.4) is 0 Å². The van der Waals surface area contributed by atoms with Crippen LogP contribution in [-0.4, -0.2) is 5.66 Å². The Kier molecular flexibility index (Phi) is 4.30. The predicted molar refractivity (Wildman–Crippen MR) is 41.4 cm³/mol. The van der Waals surface area contributed by atoms with Gasteiger partial charge in [0.05, 0.1) is 0 Å². The topological polar surface area (TPSA) is 0 Å². The van der Waals surface area contributed by atoms with Crippen LogP contribution in [0.15, 0.2) is 0 Å². The van der Waals surface area contributed by atoms with Crippen molar-refractivity contribution in [3.8, 4) is 0 Å². The van der Waals surface area contributed by atoms with Gasteiger partial charge in [-0.2, -0.15) is 0 Å². The van der Waals surface area contributed by atoms with Gasteiger partial charge in [-0.05, 0) is 13.3 Å². The summed E-state index contributed by atoms with van der Waals surface area (Å²) in [6, 6.07) is 0. The molecule has 2 unspecified atom stereocenters. The van der Waals surface area contributed by atoms with Crippen molar-refractivity contribution in [2.45, 2.75) is 25.9 Å². The largest absolute Gasteiger partial charge is 0.478 e. The summed E-state index contributed by atoms with van der Waals surface area (Å²) in [5.74, 6) is -0.495. The van der Waals surface area contributed by atoms with Gasteiger partial charge in [0.15, 0.2) is 0 Å². The molecule has 0 fully saturated rings. The number of rotatable bonds is 2. The molecule has 0 amide bonds. The van der Waals surface area contributed by atoms with Gasteiger partial charge in [0.1, 0.15) is 17.5 Å². The molecule has 0 saturated carbocycles. The molecule has 2 atom stereocenters. The Morgan fingerprint density at radius 1 is 1.86 bits per heavy atom. The monoisotopic (exact) mass is 152 g/mol. The van der Waals surface area contributed by atoms with Crippen molar-refractivity contribution < 1.29 is 0 Å². The molecule has 0 aliphatic carbocycles. The van der Waals surface area contributed by atoms with Crippen LogP contribution in [-0.2, 0) is 24.1 Å². The Hall–Kier alpha value is 0.870. The van der Waals surface area contributed by atoms with Gasteiger partial charge >= 0.3 is 0 Å². The number of hydrogen-bond donors (Lipinski definition) is 0. The van der Waals surface area contributed by atoms with Gasteiger partial charge in [0.25, 0.3) is 0 Å². The fourth-order valence-electron chi connectivity index (χ4n) is 0.149. The molecular weight excluding hydrogens is 143 g/mol. The molecule has 42 valence electrons. The summed E-state index contributed by atoms with van der Waals surface area (Å²) in [5, 5.41) is 0. The Labute approximate surface area is 56.3 Å². The highest BCUT2D eigenvalue weighted by molar-refractivity contribution is 8.47. The lowest BCUT2D eigenvalue weighted by Crippen LogP contribution is -1.87. The quantitative estimate of drug-likeness (QED) is 0.439. The lowest BCUT2D eigenvalue weighted by molar-refractivity contribution is 0.905. The highest BCUT2D eigenvalue weighted by Gasteiger charge is 2.01. The fourth-order valence-corrected chi connectivity index (χ4v) is 1.34. The Balaban J connectivity index is 3.34. The van der Waals surface area contributed by atoms with Gasteiger partial charge in [-0.1, -0.05) is 6.92 Å². The smallest absolute Gasteiger partial charge is 0.132 e. The van der Waals surface area contributed by atoms with Crippen molar-refractivity contribution in [2.24, 2.45) is 0 Å². The average molecular weight is 152 g/mol. The van der Waals surface area contributed by atoms with Gasteiger partial charge in [0, 0.05) is 5.90 Å².